The molecular formula is C15H31N3O2. The predicted molar refractivity (Wildman–Crippen MR) is 82.1 cm³/mol. The minimum Gasteiger partial charge on any atom is -0.480 e. The third-order valence-electron chi connectivity index (χ3n) is 4.60. The molecule has 2 unspecified atom stereocenters. The summed E-state index contributed by atoms with van der Waals surface area (Å²) in [6.45, 7) is 8.70. The summed E-state index contributed by atoms with van der Waals surface area (Å²) < 4.78 is 0. The molecule has 5 heteroatoms. The van der Waals surface area contributed by atoms with Gasteiger partial charge in [-0.1, -0.05) is 6.92 Å². The van der Waals surface area contributed by atoms with Gasteiger partial charge in [0.2, 0.25) is 0 Å². The van der Waals surface area contributed by atoms with Crippen LogP contribution in [0.15, 0.2) is 0 Å². The fourth-order valence-corrected chi connectivity index (χ4v) is 3.19. The number of carboxylic acid groups (broad SMARTS) is 1. The molecule has 0 bridgehead atoms. The van der Waals surface area contributed by atoms with Gasteiger partial charge in [-0.15, -0.1) is 0 Å². The molecule has 20 heavy (non-hydrogen) atoms. The number of nitrogens with one attached hydrogen (secondary N) is 1. The van der Waals surface area contributed by atoms with Gasteiger partial charge in [-0.3, -0.25) is 4.79 Å². The lowest BCUT2D eigenvalue weighted by molar-refractivity contribution is -0.145. The summed E-state index contributed by atoms with van der Waals surface area (Å²) >= 11 is 0. The zero-order valence-corrected chi connectivity index (χ0v) is 13.6. The molecule has 0 aromatic rings. The van der Waals surface area contributed by atoms with Crippen molar-refractivity contribution in [2.45, 2.75) is 57.7 Å². The molecule has 0 aromatic carbocycles. The molecule has 1 saturated heterocycles. The Bertz CT molecular complexity index is 314. The van der Waals surface area contributed by atoms with Gasteiger partial charge in [0, 0.05) is 12.1 Å². The number of hydrogen-bond acceptors (Lipinski definition) is 4. The van der Waals surface area contributed by atoms with Crippen LogP contribution < -0.4 is 5.32 Å². The van der Waals surface area contributed by atoms with E-state index in [1.807, 2.05) is 6.92 Å². The summed E-state index contributed by atoms with van der Waals surface area (Å²) in [6, 6.07) is 0.955. The van der Waals surface area contributed by atoms with E-state index in [9.17, 15) is 9.90 Å². The second-order valence-electron chi connectivity index (χ2n) is 6.45. The second kappa shape index (κ2) is 7.38. The predicted octanol–water partition coefficient (Wildman–Crippen LogP) is 1.24. The molecular weight excluding hydrogens is 254 g/mol. The number of likely N-dealkylation sites (N-methyl/N-ethyl adjacent to an activating group) is 1. The van der Waals surface area contributed by atoms with Gasteiger partial charge in [0.25, 0.3) is 0 Å². The number of carbonyl (C=O) groups is 1. The van der Waals surface area contributed by atoms with Crippen molar-refractivity contribution in [2.75, 3.05) is 33.7 Å². The van der Waals surface area contributed by atoms with Gasteiger partial charge in [0.1, 0.15) is 5.54 Å². The Morgan fingerprint density at radius 3 is 2.40 bits per heavy atom. The first-order valence-electron chi connectivity index (χ1n) is 7.69. The van der Waals surface area contributed by atoms with E-state index in [0.717, 1.165) is 13.1 Å². The van der Waals surface area contributed by atoms with Gasteiger partial charge < -0.3 is 20.2 Å². The van der Waals surface area contributed by atoms with E-state index in [1.165, 1.54) is 12.8 Å². The van der Waals surface area contributed by atoms with Crippen LogP contribution in [0.25, 0.3) is 0 Å². The molecule has 1 aliphatic rings. The van der Waals surface area contributed by atoms with Crippen LogP contribution in [-0.2, 0) is 4.79 Å². The summed E-state index contributed by atoms with van der Waals surface area (Å²) in [5.74, 6) is -0.755. The Labute approximate surface area is 123 Å². The summed E-state index contributed by atoms with van der Waals surface area (Å²) in [4.78, 5) is 16.2. The molecule has 0 spiro atoms. The van der Waals surface area contributed by atoms with E-state index in [-0.39, 0.29) is 0 Å². The fourth-order valence-electron chi connectivity index (χ4n) is 3.19. The van der Waals surface area contributed by atoms with Crippen molar-refractivity contribution in [3.8, 4) is 0 Å². The van der Waals surface area contributed by atoms with Crippen molar-refractivity contribution in [1.29, 1.82) is 0 Å². The molecule has 1 rings (SSSR count). The van der Waals surface area contributed by atoms with Gasteiger partial charge in [-0.05, 0) is 66.8 Å². The topological polar surface area (TPSA) is 55.8 Å². The van der Waals surface area contributed by atoms with Crippen LogP contribution in [0, 0.1) is 0 Å². The van der Waals surface area contributed by atoms with E-state index in [0.29, 0.717) is 25.0 Å². The number of piperidine rings is 1. The first kappa shape index (κ1) is 17.4. The number of nitrogens with zero attached hydrogens (tertiary/aromatic N) is 2. The molecule has 118 valence electrons. The highest BCUT2D eigenvalue weighted by atomic mass is 16.4. The molecule has 0 radical (unpaired) electrons. The van der Waals surface area contributed by atoms with E-state index in [1.54, 1.807) is 6.92 Å². The standard InChI is InChI=1S/C15H31N3O2/c1-6-16-15(3,14(19)20)11-12(2)18-9-7-13(8-10-18)17(4)5/h12-13,16H,6-11H2,1-5H3,(H,19,20). The van der Waals surface area contributed by atoms with Gasteiger partial charge in [0.05, 0.1) is 0 Å². The van der Waals surface area contributed by atoms with Gasteiger partial charge in [-0.2, -0.15) is 0 Å². The Morgan fingerprint density at radius 2 is 2.00 bits per heavy atom. The first-order valence-corrected chi connectivity index (χ1v) is 7.69. The number of aliphatic carboxylic acids is 1. The van der Waals surface area contributed by atoms with Gasteiger partial charge in [0.15, 0.2) is 0 Å². The molecule has 2 N–H and O–H groups in total. The van der Waals surface area contributed by atoms with Crippen LogP contribution in [0.2, 0.25) is 0 Å². The fraction of sp³-hybridized carbons (Fsp3) is 0.933. The number of hydrogen-bond donors (Lipinski definition) is 2. The highest BCUT2D eigenvalue weighted by Gasteiger charge is 2.36. The Balaban J connectivity index is 2.54. The quantitative estimate of drug-likeness (QED) is 0.737. The lowest BCUT2D eigenvalue weighted by Crippen LogP contribution is -2.54. The largest absolute Gasteiger partial charge is 0.480 e. The highest BCUT2D eigenvalue weighted by Crippen LogP contribution is 2.22. The van der Waals surface area contributed by atoms with Crippen LogP contribution in [-0.4, -0.2) is 72.2 Å². The van der Waals surface area contributed by atoms with Crippen LogP contribution >= 0.6 is 0 Å². The molecule has 2 atom stereocenters. The SMILES string of the molecule is CCNC(C)(CC(C)N1CCC(N(C)C)CC1)C(=O)O. The molecule has 0 saturated carbocycles. The first-order chi connectivity index (χ1) is 9.30. The third-order valence-corrected chi connectivity index (χ3v) is 4.60. The number of carboxylic acids is 1. The summed E-state index contributed by atoms with van der Waals surface area (Å²) in [7, 11) is 4.27. The second-order valence-corrected chi connectivity index (χ2v) is 6.45. The normalized spacial score (nSPS) is 22.7. The highest BCUT2D eigenvalue weighted by molar-refractivity contribution is 5.78. The van der Waals surface area contributed by atoms with Gasteiger partial charge in [-0.25, -0.2) is 0 Å². The number of likely N-dealkylation sites (tertiary alicyclic amines) is 1. The third kappa shape index (κ3) is 4.43. The molecule has 5 nitrogen and oxygen atoms in total. The Hall–Kier alpha value is -0.650. The van der Waals surface area contributed by atoms with E-state index < -0.39 is 11.5 Å². The Morgan fingerprint density at radius 1 is 1.45 bits per heavy atom. The van der Waals surface area contributed by atoms with Gasteiger partial charge >= 0.3 is 5.97 Å². The van der Waals surface area contributed by atoms with Crippen LogP contribution in [0.3, 0.4) is 0 Å². The van der Waals surface area contributed by atoms with Crippen LogP contribution in [0.1, 0.15) is 40.0 Å². The molecule has 1 heterocycles. The summed E-state index contributed by atoms with van der Waals surface area (Å²) in [5, 5.41) is 12.6. The Kier molecular flexibility index (Phi) is 6.43. The minimum atomic E-state index is -0.827. The average molecular weight is 285 g/mol. The maximum Gasteiger partial charge on any atom is 0.323 e. The zero-order chi connectivity index (χ0) is 15.3. The maximum absolute atomic E-state index is 11.5. The van der Waals surface area contributed by atoms with Crippen molar-refractivity contribution in [3.05, 3.63) is 0 Å². The van der Waals surface area contributed by atoms with E-state index in [2.05, 4.69) is 36.1 Å². The molecule has 0 amide bonds. The lowest BCUT2D eigenvalue weighted by atomic mass is 9.91. The summed E-state index contributed by atoms with van der Waals surface area (Å²) in [6.07, 6.45) is 2.98. The minimum absolute atomic E-state index is 0.290. The van der Waals surface area contributed by atoms with Crippen LogP contribution in [0.4, 0.5) is 0 Å². The molecule has 0 aliphatic carbocycles. The smallest absolute Gasteiger partial charge is 0.323 e. The van der Waals surface area contributed by atoms with Crippen molar-refractivity contribution in [3.63, 3.8) is 0 Å². The van der Waals surface area contributed by atoms with Crippen molar-refractivity contribution < 1.29 is 9.90 Å². The molecule has 1 aliphatic heterocycles. The van der Waals surface area contributed by atoms with Crippen LogP contribution in [0.5, 0.6) is 0 Å². The zero-order valence-electron chi connectivity index (χ0n) is 13.6. The summed E-state index contributed by atoms with van der Waals surface area (Å²) in [5.41, 5.74) is -0.827. The number of rotatable bonds is 7. The maximum atomic E-state index is 11.5. The van der Waals surface area contributed by atoms with Crippen molar-refractivity contribution in [2.24, 2.45) is 0 Å². The van der Waals surface area contributed by atoms with E-state index in [4.69, 9.17) is 0 Å². The van der Waals surface area contributed by atoms with Crippen molar-refractivity contribution >= 4 is 5.97 Å². The van der Waals surface area contributed by atoms with Crippen molar-refractivity contribution in [1.82, 2.24) is 15.1 Å². The lowest BCUT2D eigenvalue weighted by Gasteiger charge is -2.40. The monoisotopic (exact) mass is 285 g/mol. The average Bonchev–Trinajstić information content (AvgIpc) is 2.38. The molecule has 1 fully saturated rings. The van der Waals surface area contributed by atoms with E-state index >= 15 is 0 Å². The molecule has 0 aromatic heterocycles.